The van der Waals surface area contributed by atoms with Gasteiger partial charge in [0, 0.05) is 0 Å². The minimum absolute atomic E-state index is 0.0854. The zero-order valence-electron chi connectivity index (χ0n) is 11.7. The molecule has 2 aromatic rings. The lowest BCUT2D eigenvalue weighted by molar-refractivity contribution is -0.143. The molecule has 0 unspecified atom stereocenters. The summed E-state index contributed by atoms with van der Waals surface area (Å²) in [5, 5.41) is 0. The number of hydrogen-bond donors (Lipinski definition) is 0. The molecular formula is C16H12F6. The van der Waals surface area contributed by atoms with Gasteiger partial charge in [0.05, 0.1) is 11.1 Å². The lowest BCUT2D eigenvalue weighted by Crippen LogP contribution is -2.11. The summed E-state index contributed by atoms with van der Waals surface area (Å²) < 4.78 is 77.3. The first-order chi connectivity index (χ1) is 10.00. The highest BCUT2D eigenvalue weighted by molar-refractivity contribution is 5.72. The SMILES string of the molecule is Cc1cccc(C)c1-c1cc(C(F)(F)F)cc(C(F)(F)F)c1. The molecule has 0 nitrogen and oxygen atoms in total. The molecule has 0 aliphatic heterocycles. The maximum Gasteiger partial charge on any atom is 0.416 e. The minimum Gasteiger partial charge on any atom is -0.166 e. The van der Waals surface area contributed by atoms with Gasteiger partial charge >= 0.3 is 12.4 Å². The zero-order valence-corrected chi connectivity index (χ0v) is 11.7. The summed E-state index contributed by atoms with van der Waals surface area (Å²) in [4.78, 5) is 0. The monoisotopic (exact) mass is 318 g/mol. The average Bonchev–Trinajstić information content (AvgIpc) is 2.36. The second-order valence-electron chi connectivity index (χ2n) is 5.06. The largest absolute Gasteiger partial charge is 0.416 e. The second-order valence-corrected chi connectivity index (χ2v) is 5.06. The standard InChI is InChI=1S/C16H12F6/c1-9-4-3-5-10(2)14(9)11-6-12(15(17,18)19)8-13(7-11)16(20,21)22/h3-8H,1-2H3. The summed E-state index contributed by atoms with van der Waals surface area (Å²) >= 11 is 0. The molecule has 118 valence electrons. The van der Waals surface area contributed by atoms with Crippen LogP contribution >= 0.6 is 0 Å². The maximum atomic E-state index is 12.9. The zero-order chi connectivity index (χ0) is 16.7. The van der Waals surface area contributed by atoms with Crippen LogP contribution in [0.15, 0.2) is 36.4 Å². The molecule has 22 heavy (non-hydrogen) atoms. The molecule has 0 fully saturated rings. The van der Waals surface area contributed by atoms with Crippen molar-refractivity contribution in [3.8, 4) is 11.1 Å². The van der Waals surface area contributed by atoms with Gasteiger partial charge in [-0.05, 0) is 54.3 Å². The Kier molecular flexibility index (Phi) is 3.98. The van der Waals surface area contributed by atoms with Gasteiger partial charge < -0.3 is 0 Å². The lowest BCUT2D eigenvalue weighted by atomic mass is 9.93. The van der Waals surface area contributed by atoms with Gasteiger partial charge in [0.1, 0.15) is 0 Å². The van der Waals surface area contributed by atoms with Crippen molar-refractivity contribution in [2.24, 2.45) is 0 Å². The number of halogens is 6. The van der Waals surface area contributed by atoms with Gasteiger partial charge in [-0.1, -0.05) is 18.2 Å². The van der Waals surface area contributed by atoms with Crippen LogP contribution in [0.1, 0.15) is 22.3 Å². The summed E-state index contributed by atoms with van der Waals surface area (Å²) in [6.07, 6.45) is -9.68. The van der Waals surface area contributed by atoms with Crippen LogP contribution in [-0.2, 0) is 12.4 Å². The molecular weight excluding hydrogens is 306 g/mol. The average molecular weight is 318 g/mol. The molecule has 0 heterocycles. The first-order valence-electron chi connectivity index (χ1n) is 6.36. The van der Waals surface area contributed by atoms with E-state index in [1.165, 1.54) is 0 Å². The van der Waals surface area contributed by atoms with E-state index in [-0.39, 0.29) is 11.6 Å². The van der Waals surface area contributed by atoms with E-state index in [2.05, 4.69) is 0 Å². The summed E-state index contributed by atoms with van der Waals surface area (Å²) in [5.74, 6) is 0. The molecule has 0 atom stereocenters. The summed E-state index contributed by atoms with van der Waals surface area (Å²) in [6, 6.07) is 6.64. The molecule has 0 radical (unpaired) electrons. The first kappa shape index (κ1) is 16.4. The highest BCUT2D eigenvalue weighted by Crippen LogP contribution is 2.39. The number of rotatable bonds is 1. The smallest absolute Gasteiger partial charge is 0.166 e. The van der Waals surface area contributed by atoms with Crippen molar-refractivity contribution in [3.63, 3.8) is 0 Å². The van der Waals surface area contributed by atoms with Crippen LogP contribution in [0, 0.1) is 13.8 Å². The highest BCUT2D eigenvalue weighted by atomic mass is 19.4. The normalized spacial score (nSPS) is 12.5. The minimum atomic E-state index is -4.84. The van der Waals surface area contributed by atoms with E-state index in [1.807, 2.05) is 0 Å². The molecule has 0 aliphatic carbocycles. The van der Waals surface area contributed by atoms with Crippen LogP contribution in [-0.4, -0.2) is 0 Å². The van der Waals surface area contributed by atoms with Crippen molar-refractivity contribution in [2.45, 2.75) is 26.2 Å². The molecule has 2 aromatic carbocycles. The Morgan fingerprint density at radius 2 is 1.09 bits per heavy atom. The number of alkyl halides is 6. The lowest BCUT2D eigenvalue weighted by Gasteiger charge is -2.16. The third-order valence-electron chi connectivity index (χ3n) is 3.36. The molecule has 0 aromatic heterocycles. The molecule has 0 bridgehead atoms. The third kappa shape index (κ3) is 3.26. The molecule has 6 heteroatoms. The molecule has 0 amide bonds. The van der Waals surface area contributed by atoms with Crippen LogP contribution in [0.3, 0.4) is 0 Å². The Balaban J connectivity index is 2.76. The van der Waals surface area contributed by atoms with Gasteiger partial charge in [-0.2, -0.15) is 26.3 Å². The maximum absolute atomic E-state index is 12.9. The molecule has 2 rings (SSSR count). The summed E-state index contributed by atoms with van der Waals surface area (Å²) in [6.45, 7) is 3.30. The van der Waals surface area contributed by atoms with Crippen molar-refractivity contribution < 1.29 is 26.3 Å². The van der Waals surface area contributed by atoms with Crippen LogP contribution < -0.4 is 0 Å². The van der Waals surface area contributed by atoms with Crippen molar-refractivity contribution in [1.82, 2.24) is 0 Å². The Labute approximate surface area is 123 Å². The Morgan fingerprint density at radius 3 is 1.45 bits per heavy atom. The molecule has 0 saturated heterocycles. The van der Waals surface area contributed by atoms with Crippen LogP contribution in [0.5, 0.6) is 0 Å². The van der Waals surface area contributed by atoms with Gasteiger partial charge in [-0.3, -0.25) is 0 Å². The number of hydrogen-bond acceptors (Lipinski definition) is 0. The Bertz CT molecular complexity index is 642. The van der Waals surface area contributed by atoms with E-state index >= 15 is 0 Å². The fraction of sp³-hybridized carbons (Fsp3) is 0.250. The predicted molar refractivity (Wildman–Crippen MR) is 71.4 cm³/mol. The van der Waals surface area contributed by atoms with Crippen LogP contribution in [0.2, 0.25) is 0 Å². The van der Waals surface area contributed by atoms with E-state index < -0.39 is 23.5 Å². The van der Waals surface area contributed by atoms with Gasteiger partial charge in [-0.25, -0.2) is 0 Å². The molecule has 0 N–H and O–H groups in total. The predicted octanol–water partition coefficient (Wildman–Crippen LogP) is 6.01. The van der Waals surface area contributed by atoms with Gasteiger partial charge in [0.25, 0.3) is 0 Å². The van der Waals surface area contributed by atoms with E-state index in [4.69, 9.17) is 0 Å². The van der Waals surface area contributed by atoms with Gasteiger partial charge in [0.2, 0.25) is 0 Å². The third-order valence-corrected chi connectivity index (χ3v) is 3.36. The Morgan fingerprint density at radius 1 is 0.682 bits per heavy atom. The summed E-state index contributed by atoms with van der Waals surface area (Å²) in [7, 11) is 0. The topological polar surface area (TPSA) is 0 Å². The van der Waals surface area contributed by atoms with Gasteiger partial charge in [-0.15, -0.1) is 0 Å². The van der Waals surface area contributed by atoms with Crippen LogP contribution in [0.25, 0.3) is 11.1 Å². The number of benzene rings is 2. The number of aryl methyl sites for hydroxylation is 2. The fourth-order valence-corrected chi connectivity index (χ4v) is 2.37. The van der Waals surface area contributed by atoms with Gasteiger partial charge in [0.15, 0.2) is 0 Å². The van der Waals surface area contributed by atoms with Crippen LogP contribution in [0.4, 0.5) is 26.3 Å². The van der Waals surface area contributed by atoms with E-state index in [1.54, 1.807) is 32.0 Å². The Hall–Kier alpha value is -1.98. The second kappa shape index (κ2) is 5.34. The first-order valence-corrected chi connectivity index (χ1v) is 6.36. The van der Waals surface area contributed by atoms with Crippen molar-refractivity contribution in [1.29, 1.82) is 0 Å². The van der Waals surface area contributed by atoms with Crippen molar-refractivity contribution in [2.75, 3.05) is 0 Å². The quantitative estimate of drug-likeness (QED) is 0.565. The van der Waals surface area contributed by atoms with E-state index in [9.17, 15) is 26.3 Å². The van der Waals surface area contributed by atoms with Crippen molar-refractivity contribution in [3.05, 3.63) is 58.7 Å². The highest BCUT2D eigenvalue weighted by Gasteiger charge is 2.37. The summed E-state index contributed by atoms with van der Waals surface area (Å²) in [5.41, 5.74) is -1.07. The van der Waals surface area contributed by atoms with E-state index in [0.717, 1.165) is 12.1 Å². The molecule has 0 aliphatic rings. The van der Waals surface area contributed by atoms with Crippen molar-refractivity contribution >= 4 is 0 Å². The molecule has 0 spiro atoms. The fourth-order valence-electron chi connectivity index (χ4n) is 2.37. The molecule has 0 saturated carbocycles. The van der Waals surface area contributed by atoms with E-state index in [0.29, 0.717) is 16.7 Å².